The van der Waals surface area contributed by atoms with Crippen LogP contribution in [0.3, 0.4) is 0 Å². The Balaban J connectivity index is 2.67. The number of hydrogen-bond acceptors (Lipinski definition) is 1. The standard InChI is InChI=1S/C14H19F3O/c1-3-11-6-4-7-12(10-11)13(2,18)8-5-9-14(15,16)17/h4,6-7,10,18H,3,5,8-9H2,1-2H3. The summed E-state index contributed by atoms with van der Waals surface area (Å²) in [6, 6.07) is 7.38. The van der Waals surface area contributed by atoms with Gasteiger partial charge in [-0.3, -0.25) is 0 Å². The summed E-state index contributed by atoms with van der Waals surface area (Å²) in [5.74, 6) is 0. The third-order valence-corrected chi connectivity index (χ3v) is 3.08. The Morgan fingerprint density at radius 2 is 1.83 bits per heavy atom. The van der Waals surface area contributed by atoms with Gasteiger partial charge >= 0.3 is 6.18 Å². The first-order valence-electron chi connectivity index (χ1n) is 6.13. The summed E-state index contributed by atoms with van der Waals surface area (Å²) in [7, 11) is 0. The quantitative estimate of drug-likeness (QED) is 0.841. The summed E-state index contributed by atoms with van der Waals surface area (Å²) in [5, 5.41) is 10.2. The van der Waals surface area contributed by atoms with E-state index in [2.05, 4.69) is 0 Å². The van der Waals surface area contributed by atoms with Crippen LogP contribution in [-0.4, -0.2) is 11.3 Å². The molecule has 0 saturated heterocycles. The maximum atomic E-state index is 12.1. The fourth-order valence-electron chi connectivity index (χ4n) is 1.90. The molecule has 0 aromatic heterocycles. The molecule has 0 bridgehead atoms. The van der Waals surface area contributed by atoms with Gasteiger partial charge in [-0.2, -0.15) is 13.2 Å². The zero-order chi connectivity index (χ0) is 13.8. The Morgan fingerprint density at radius 3 is 2.39 bits per heavy atom. The van der Waals surface area contributed by atoms with Gasteiger partial charge in [-0.05, 0) is 37.3 Å². The third-order valence-electron chi connectivity index (χ3n) is 3.08. The topological polar surface area (TPSA) is 20.2 Å². The maximum Gasteiger partial charge on any atom is 0.389 e. The van der Waals surface area contributed by atoms with Crippen molar-refractivity contribution >= 4 is 0 Å². The van der Waals surface area contributed by atoms with Gasteiger partial charge in [0.15, 0.2) is 0 Å². The van der Waals surface area contributed by atoms with Gasteiger partial charge in [0, 0.05) is 6.42 Å². The Kier molecular flexibility index (Phi) is 4.79. The average molecular weight is 260 g/mol. The van der Waals surface area contributed by atoms with Gasteiger partial charge in [0.2, 0.25) is 0 Å². The van der Waals surface area contributed by atoms with Crippen molar-refractivity contribution in [2.75, 3.05) is 0 Å². The minimum Gasteiger partial charge on any atom is -0.385 e. The second kappa shape index (κ2) is 5.74. The largest absolute Gasteiger partial charge is 0.389 e. The van der Waals surface area contributed by atoms with Gasteiger partial charge in [0.1, 0.15) is 0 Å². The highest BCUT2D eigenvalue weighted by molar-refractivity contribution is 5.27. The summed E-state index contributed by atoms with van der Waals surface area (Å²) in [6.45, 7) is 3.57. The summed E-state index contributed by atoms with van der Waals surface area (Å²) >= 11 is 0. The number of alkyl halides is 3. The molecule has 1 atom stereocenters. The molecule has 1 nitrogen and oxygen atoms in total. The van der Waals surface area contributed by atoms with Crippen LogP contribution < -0.4 is 0 Å². The first-order chi connectivity index (χ1) is 8.24. The first kappa shape index (κ1) is 15.0. The number of benzene rings is 1. The molecule has 0 aliphatic carbocycles. The van der Waals surface area contributed by atoms with E-state index in [4.69, 9.17) is 0 Å². The highest BCUT2D eigenvalue weighted by atomic mass is 19.4. The molecule has 0 aliphatic rings. The zero-order valence-electron chi connectivity index (χ0n) is 10.7. The van der Waals surface area contributed by atoms with E-state index in [1.165, 1.54) is 0 Å². The molecule has 0 amide bonds. The number of halogens is 3. The Labute approximate surface area is 106 Å². The van der Waals surface area contributed by atoms with Crippen LogP contribution in [0.1, 0.15) is 44.2 Å². The van der Waals surface area contributed by atoms with Gasteiger partial charge in [-0.1, -0.05) is 31.2 Å². The van der Waals surface area contributed by atoms with Crippen molar-refractivity contribution in [1.82, 2.24) is 0 Å². The van der Waals surface area contributed by atoms with Crippen LogP contribution in [-0.2, 0) is 12.0 Å². The van der Waals surface area contributed by atoms with Crippen LogP contribution >= 0.6 is 0 Å². The van der Waals surface area contributed by atoms with Crippen molar-refractivity contribution < 1.29 is 18.3 Å². The SMILES string of the molecule is CCc1cccc(C(C)(O)CCCC(F)(F)F)c1. The van der Waals surface area contributed by atoms with E-state index in [0.717, 1.165) is 12.0 Å². The minimum absolute atomic E-state index is 0.0626. The van der Waals surface area contributed by atoms with Crippen LogP contribution in [0, 0.1) is 0 Å². The maximum absolute atomic E-state index is 12.1. The normalized spacial score (nSPS) is 15.4. The fraction of sp³-hybridized carbons (Fsp3) is 0.571. The highest BCUT2D eigenvalue weighted by Crippen LogP contribution is 2.30. The van der Waals surface area contributed by atoms with Gasteiger partial charge in [0.05, 0.1) is 5.60 Å². The molecule has 1 aromatic rings. The monoisotopic (exact) mass is 260 g/mol. The number of aryl methyl sites for hydroxylation is 1. The van der Waals surface area contributed by atoms with E-state index in [1.807, 2.05) is 25.1 Å². The molecule has 0 heterocycles. The molecule has 0 fully saturated rings. The van der Waals surface area contributed by atoms with Crippen molar-refractivity contribution in [3.05, 3.63) is 35.4 Å². The minimum atomic E-state index is -4.15. The van der Waals surface area contributed by atoms with Crippen molar-refractivity contribution in [3.63, 3.8) is 0 Å². The number of hydrogen-bond donors (Lipinski definition) is 1. The second-order valence-corrected chi connectivity index (χ2v) is 4.80. The smallest absolute Gasteiger partial charge is 0.385 e. The molecule has 1 N–H and O–H groups in total. The number of aliphatic hydroxyl groups is 1. The fourth-order valence-corrected chi connectivity index (χ4v) is 1.90. The lowest BCUT2D eigenvalue weighted by Gasteiger charge is -2.24. The molecule has 0 saturated carbocycles. The summed E-state index contributed by atoms with van der Waals surface area (Å²) < 4.78 is 36.2. The predicted octanol–water partition coefficient (Wildman–Crippen LogP) is 4.19. The molecular formula is C14H19F3O. The summed E-state index contributed by atoms with van der Waals surface area (Å²) in [5.41, 5.74) is 0.559. The Hall–Kier alpha value is -1.03. The van der Waals surface area contributed by atoms with Gasteiger partial charge in [-0.25, -0.2) is 0 Å². The van der Waals surface area contributed by atoms with E-state index >= 15 is 0 Å². The Bertz CT molecular complexity index is 383. The number of rotatable bonds is 5. The van der Waals surface area contributed by atoms with Crippen LogP contribution in [0.2, 0.25) is 0 Å². The van der Waals surface area contributed by atoms with Crippen molar-refractivity contribution in [2.24, 2.45) is 0 Å². The molecule has 18 heavy (non-hydrogen) atoms. The molecule has 4 heteroatoms. The Morgan fingerprint density at radius 1 is 1.17 bits per heavy atom. The molecule has 0 aliphatic heterocycles. The first-order valence-corrected chi connectivity index (χ1v) is 6.13. The van der Waals surface area contributed by atoms with Gasteiger partial charge < -0.3 is 5.11 Å². The van der Waals surface area contributed by atoms with Gasteiger partial charge in [0.25, 0.3) is 0 Å². The molecule has 0 radical (unpaired) electrons. The van der Waals surface area contributed by atoms with Crippen LogP contribution in [0.25, 0.3) is 0 Å². The summed E-state index contributed by atoms with van der Waals surface area (Å²) in [6.07, 6.45) is -4.11. The van der Waals surface area contributed by atoms with Crippen LogP contribution in [0.5, 0.6) is 0 Å². The van der Waals surface area contributed by atoms with Crippen molar-refractivity contribution in [1.29, 1.82) is 0 Å². The highest BCUT2D eigenvalue weighted by Gasteiger charge is 2.29. The van der Waals surface area contributed by atoms with Gasteiger partial charge in [-0.15, -0.1) is 0 Å². The lowest BCUT2D eigenvalue weighted by Crippen LogP contribution is -2.22. The lowest BCUT2D eigenvalue weighted by atomic mass is 9.89. The van der Waals surface area contributed by atoms with E-state index in [1.54, 1.807) is 13.0 Å². The van der Waals surface area contributed by atoms with Crippen LogP contribution in [0.4, 0.5) is 13.2 Å². The average Bonchev–Trinajstić information content (AvgIpc) is 2.27. The van der Waals surface area contributed by atoms with E-state index in [9.17, 15) is 18.3 Å². The zero-order valence-corrected chi connectivity index (χ0v) is 10.7. The van der Waals surface area contributed by atoms with Crippen molar-refractivity contribution in [2.45, 2.75) is 51.3 Å². The predicted molar refractivity (Wildman–Crippen MR) is 65.3 cm³/mol. The molecule has 1 aromatic carbocycles. The third kappa shape index (κ3) is 4.69. The van der Waals surface area contributed by atoms with Crippen molar-refractivity contribution in [3.8, 4) is 0 Å². The molecule has 0 spiro atoms. The lowest BCUT2D eigenvalue weighted by molar-refractivity contribution is -0.137. The van der Waals surface area contributed by atoms with E-state index in [-0.39, 0.29) is 12.8 Å². The molecule has 102 valence electrons. The van der Waals surface area contributed by atoms with E-state index in [0.29, 0.717) is 5.56 Å². The molecule has 1 rings (SSSR count). The summed E-state index contributed by atoms with van der Waals surface area (Å²) in [4.78, 5) is 0. The van der Waals surface area contributed by atoms with Crippen LogP contribution in [0.15, 0.2) is 24.3 Å². The molecular weight excluding hydrogens is 241 g/mol. The molecule has 1 unspecified atom stereocenters. The second-order valence-electron chi connectivity index (χ2n) is 4.80. The van der Waals surface area contributed by atoms with E-state index < -0.39 is 18.2 Å².